The number of amides is 2. The van der Waals surface area contributed by atoms with Crippen molar-refractivity contribution in [2.24, 2.45) is 5.92 Å². The summed E-state index contributed by atoms with van der Waals surface area (Å²) in [7, 11) is 0. The van der Waals surface area contributed by atoms with E-state index in [2.05, 4.69) is 0 Å². The lowest BCUT2D eigenvalue weighted by molar-refractivity contribution is -0.134. The van der Waals surface area contributed by atoms with Crippen molar-refractivity contribution in [3.63, 3.8) is 0 Å². The lowest BCUT2D eigenvalue weighted by Gasteiger charge is -2.39. The number of hydrogen-bond acceptors (Lipinski definition) is 3. The van der Waals surface area contributed by atoms with Crippen LogP contribution in [-0.2, 0) is 4.79 Å². The molecule has 2 aromatic rings. The van der Waals surface area contributed by atoms with Crippen molar-refractivity contribution in [2.45, 2.75) is 38.2 Å². The van der Waals surface area contributed by atoms with Crippen LogP contribution in [0.25, 0.3) is 0 Å². The van der Waals surface area contributed by atoms with Gasteiger partial charge in [-0.25, -0.2) is 4.39 Å². The van der Waals surface area contributed by atoms with Gasteiger partial charge < -0.3 is 14.5 Å². The Labute approximate surface area is 193 Å². The molecule has 2 saturated heterocycles. The average Bonchev–Trinajstić information content (AvgIpc) is 2.82. The van der Waals surface area contributed by atoms with Crippen molar-refractivity contribution in [2.75, 3.05) is 26.2 Å². The van der Waals surface area contributed by atoms with E-state index in [-0.39, 0.29) is 29.4 Å². The van der Waals surface area contributed by atoms with Crippen LogP contribution >= 0.6 is 11.6 Å². The predicted molar refractivity (Wildman–Crippen MR) is 121 cm³/mol. The van der Waals surface area contributed by atoms with E-state index in [0.717, 1.165) is 32.4 Å². The van der Waals surface area contributed by atoms with Gasteiger partial charge in [-0.2, -0.15) is 0 Å². The number of likely N-dealkylation sites (tertiary alicyclic amines) is 2. The number of rotatable bonds is 5. The molecule has 32 heavy (non-hydrogen) atoms. The molecule has 0 saturated carbocycles. The lowest BCUT2D eigenvalue weighted by Crippen LogP contribution is -2.50. The molecule has 2 fully saturated rings. The van der Waals surface area contributed by atoms with Crippen molar-refractivity contribution in [3.05, 3.63) is 64.9 Å². The van der Waals surface area contributed by atoms with Gasteiger partial charge in [-0.05, 0) is 55.7 Å². The molecule has 4 rings (SSSR count). The van der Waals surface area contributed by atoms with Crippen LogP contribution < -0.4 is 4.74 Å². The van der Waals surface area contributed by atoms with E-state index in [9.17, 15) is 14.0 Å². The minimum absolute atomic E-state index is 0.0608. The maximum atomic E-state index is 14.2. The highest BCUT2D eigenvalue weighted by Crippen LogP contribution is 2.28. The molecule has 5 nitrogen and oxygen atoms in total. The van der Waals surface area contributed by atoms with Crippen LogP contribution in [0.4, 0.5) is 4.39 Å². The number of halogens is 2. The SMILES string of the molecule is O=C(C[C@H]1CN(C(=O)c2ccccc2F)CC[C@@H]1Oc1ccc(Cl)cc1)N1CCCCC1. The van der Waals surface area contributed by atoms with E-state index in [1.165, 1.54) is 12.1 Å². The highest BCUT2D eigenvalue weighted by Gasteiger charge is 2.36. The summed E-state index contributed by atoms with van der Waals surface area (Å²) in [6.45, 7) is 2.36. The van der Waals surface area contributed by atoms with Gasteiger partial charge in [0.2, 0.25) is 5.91 Å². The number of ether oxygens (including phenoxy) is 1. The molecule has 0 radical (unpaired) electrons. The second-order valence-corrected chi connectivity index (χ2v) is 8.97. The Bertz CT molecular complexity index is 946. The first-order valence-electron chi connectivity index (χ1n) is 11.2. The monoisotopic (exact) mass is 458 g/mol. The fourth-order valence-corrected chi connectivity index (χ4v) is 4.66. The lowest BCUT2D eigenvalue weighted by atomic mass is 9.90. The topological polar surface area (TPSA) is 49.9 Å². The molecule has 0 spiro atoms. The van der Waals surface area contributed by atoms with E-state index in [0.29, 0.717) is 36.7 Å². The number of carbonyl (C=O) groups excluding carboxylic acids is 2. The number of hydrogen-bond donors (Lipinski definition) is 0. The van der Waals surface area contributed by atoms with Gasteiger partial charge >= 0.3 is 0 Å². The molecule has 2 aliphatic heterocycles. The summed E-state index contributed by atoms with van der Waals surface area (Å²) < 4.78 is 20.4. The van der Waals surface area contributed by atoms with E-state index < -0.39 is 5.82 Å². The van der Waals surface area contributed by atoms with Gasteiger partial charge in [-0.15, -0.1) is 0 Å². The first-order chi connectivity index (χ1) is 15.5. The Morgan fingerprint density at radius 2 is 1.69 bits per heavy atom. The van der Waals surface area contributed by atoms with Gasteiger partial charge in [0.25, 0.3) is 5.91 Å². The summed E-state index contributed by atoms with van der Waals surface area (Å²) in [6.07, 6.45) is 3.87. The fourth-order valence-electron chi connectivity index (χ4n) is 4.54. The van der Waals surface area contributed by atoms with E-state index in [4.69, 9.17) is 16.3 Å². The van der Waals surface area contributed by atoms with Crippen LogP contribution in [0.1, 0.15) is 42.5 Å². The maximum Gasteiger partial charge on any atom is 0.256 e. The Morgan fingerprint density at radius 1 is 0.969 bits per heavy atom. The molecule has 170 valence electrons. The number of benzene rings is 2. The molecule has 0 aromatic heterocycles. The van der Waals surface area contributed by atoms with Gasteiger partial charge in [0.05, 0.1) is 5.56 Å². The summed E-state index contributed by atoms with van der Waals surface area (Å²) in [6, 6.07) is 13.2. The minimum Gasteiger partial charge on any atom is -0.490 e. The van der Waals surface area contributed by atoms with Crippen molar-refractivity contribution >= 4 is 23.4 Å². The molecule has 0 bridgehead atoms. The molecule has 2 atom stereocenters. The molecule has 2 heterocycles. The molecule has 2 amide bonds. The normalized spacial score (nSPS) is 21.3. The van der Waals surface area contributed by atoms with Crippen LogP contribution in [0.2, 0.25) is 5.02 Å². The standard InChI is InChI=1S/C25H28ClFN2O3/c26-19-8-10-20(11-9-19)32-23-12-15-29(25(31)21-6-2-3-7-22(21)27)17-18(23)16-24(30)28-13-4-1-5-14-28/h2-3,6-11,18,23H,1,4-5,12-17H2/t18-,23-/m0/s1. The molecule has 7 heteroatoms. The summed E-state index contributed by atoms with van der Waals surface area (Å²) in [5.41, 5.74) is 0.0608. The van der Waals surface area contributed by atoms with Crippen LogP contribution in [0.5, 0.6) is 5.75 Å². The summed E-state index contributed by atoms with van der Waals surface area (Å²) in [4.78, 5) is 29.6. The van der Waals surface area contributed by atoms with E-state index >= 15 is 0 Å². The summed E-state index contributed by atoms with van der Waals surface area (Å²) in [5.74, 6) is -0.269. The van der Waals surface area contributed by atoms with Crippen molar-refractivity contribution in [3.8, 4) is 5.75 Å². The maximum absolute atomic E-state index is 14.2. The van der Waals surface area contributed by atoms with Gasteiger partial charge in [-0.1, -0.05) is 23.7 Å². The third-order valence-corrected chi connectivity index (χ3v) is 6.55. The zero-order valence-corrected chi connectivity index (χ0v) is 18.8. The van der Waals surface area contributed by atoms with Crippen LogP contribution in [-0.4, -0.2) is 53.9 Å². The van der Waals surface area contributed by atoms with Crippen LogP contribution in [0.15, 0.2) is 48.5 Å². The van der Waals surface area contributed by atoms with Crippen LogP contribution in [0.3, 0.4) is 0 Å². The molecule has 0 aliphatic carbocycles. The molecule has 2 aromatic carbocycles. The number of piperidine rings is 2. The Kier molecular flexibility index (Phi) is 7.30. The third-order valence-electron chi connectivity index (χ3n) is 6.30. The zero-order valence-electron chi connectivity index (χ0n) is 18.0. The largest absolute Gasteiger partial charge is 0.490 e. The second-order valence-electron chi connectivity index (χ2n) is 8.54. The Hall–Kier alpha value is -2.60. The van der Waals surface area contributed by atoms with Crippen molar-refractivity contribution < 1.29 is 18.7 Å². The second kappa shape index (κ2) is 10.3. The number of carbonyl (C=O) groups is 2. The summed E-state index contributed by atoms with van der Waals surface area (Å²) in [5, 5.41) is 0.625. The molecule has 0 unspecified atom stereocenters. The highest BCUT2D eigenvalue weighted by atomic mass is 35.5. The van der Waals surface area contributed by atoms with E-state index in [1.54, 1.807) is 29.2 Å². The first kappa shape index (κ1) is 22.6. The smallest absolute Gasteiger partial charge is 0.256 e. The predicted octanol–water partition coefficient (Wildman–Crippen LogP) is 4.79. The highest BCUT2D eigenvalue weighted by molar-refractivity contribution is 6.30. The Morgan fingerprint density at radius 3 is 2.41 bits per heavy atom. The Balaban J connectivity index is 1.50. The van der Waals surface area contributed by atoms with Gasteiger partial charge in [0, 0.05) is 50.0 Å². The van der Waals surface area contributed by atoms with E-state index in [1.807, 2.05) is 17.0 Å². The van der Waals surface area contributed by atoms with Gasteiger partial charge in [0.15, 0.2) is 0 Å². The number of nitrogens with zero attached hydrogens (tertiary/aromatic N) is 2. The average molecular weight is 459 g/mol. The van der Waals surface area contributed by atoms with Gasteiger partial charge in [-0.3, -0.25) is 9.59 Å². The molecular weight excluding hydrogens is 431 g/mol. The minimum atomic E-state index is -0.530. The summed E-state index contributed by atoms with van der Waals surface area (Å²) >= 11 is 5.98. The fraction of sp³-hybridized carbons (Fsp3) is 0.440. The first-order valence-corrected chi connectivity index (χ1v) is 11.6. The van der Waals surface area contributed by atoms with Crippen LogP contribution in [0, 0.1) is 11.7 Å². The van der Waals surface area contributed by atoms with Crippen molar-refractivity contribution in [1.29, 1.82) is 0 Å². The quantitative estimate of drug-likeness (QED) is 0.647. The van der Waals surface area contributed by atoms with Crippen molar-refractivity contribution in [1.82, 2.24) is 9.80 Å². The zero-order chi connectivity index (χ0) is 22.5. The molecule has 0 N–H and O–H groups in total. The third kappa shape index (κ3) is 5.41. The molecule has 2 aliphatic rings. The van der Waals surface area contributed by atoms with Gasteiger partial charge in [0.1, 0.15) is 17.7 Å². The molecular formula is C25H28ClFN2O3.